The SMILES string of the molecule is O=S(=O)(O)c1cc(-c2cc(S(=O)(=O)O)c(Cl)c(S(=O)(=O)O)c2)cc(S(=O)(=O)O)c1Cl. The van der Waals surface area contributed by atoms with Crippen molar-refractivity contribution in [2.75, 3.05) is 0 Å². The highest BCUT2D eigenvalue weighted by Gasteiger charge is 2.28. The van der Waals surface area contributed by atoms with Crippen LogP contribution in [0.3, 0.4) is 0 Å². The lowest BCUT2D eigenvalue weighted by Gasteiger charge is -2.13. The molecule has 0 aromatic heterocycles. The molecular weight excluding hydrogens is 535 g/mol. The van der Waals surface area contributed by atoms with Gasteiger partial charge in [-0.3, -0.25) is 18.2 Å². The molecule has 0 saturated heterocycles. The van der Waals surface area contributed by atoms with E-state index in [4.69, 9.17) is 23.2 Å². The first-order chi connectivity index (χ1) is 13.2. The van der Waals surface area contributed by atoms with Gasteiger partial charge in [0.2, 0.25) is 0 Å². The Kier molecular flexibility index (Phi) is 6.36. The summed E-state index contributed by atoms with van der Waals surface area (Å²) in [5, 5.41) is -2.24. The predicted molar refractivity (Wildman–Crippen MR) is 101 cm³/mol. The predicted octanol–water partition coefficient (Wildman–Crippen LogP) is 1.65. The van der Waals surface area contributed by atoms with Crippen molar-refractivity contribution in [2.24, 2.45) is 0 Å². The van der Waals surface area contributed by atoms with Gasteiger partial charge in [-0.15, -0.1) is 0 Å². The Morgan fingerprint density at radius 1 is 0.467 bits per heavy atom. The molecule has 0 aliphatic heterocycles. The topological polar surface area (TPSA) is 217 Å². The Bertz CT molecular complexity index is 1270. The summed E-state index contributed by atoms with van der Waals surface area (Å²) in [4.78, 5) is -4.98. The first kappa shape index (κ1) is 24.9. The van der Waals surface area contributed by atoms with Crippen molar-refractivity contribution in [3.63, 3.8) is 0 Å². The van der Waals surface area contributed by atoms with E-state index in [1.165, 1.54) is 0 Å². The minimum Gasteiger partial charge on any atom is -0.282 e. The Hall–Kier alpha value is -1.34. The Morgan fingerprint density at radius 2 is 0.633 bits per heavy atom. The van der Waals surface area contributed by atoms with Gasteiger partial charge in [-0.25, -0.2) is 0 Å². The number of rotatable bonds is 5. The fourth-order valence-corrected chi connectivity index (χ4v) is 6.20. The summed E-state index contributed by atoms with van der Waals surface area (Å²) >= 11 is 11.2. The highest BCUT2D eigenvalue weighted by atomic mass is 35.5. The van der Waals surface area contributed by atoms with Gasteiger partial charge in [-0.1, -0.05) is 23.2 Å². The van der Waals surface area contributed by atoms with Gasteiger partial charge >= 0.3 is 0 Å². The van der Waals surface area contributed by atoms with Crippen LogP contribution in [-0.2, 0) is 40.5 Å². The van der Waals surface area contributed by atoms with Crippen LogP contribution in [0.1, 0.15) is 0 Å². The molecule has 2 rings (SSSR count). The highest BCUT2D eigenvalue weighted by Crippen LogP contribution is 2.38. The van der Waals surface area contributed by atoms with Gasteiger partial charge in [0.25, 0.3) is 40.5 Å². The van der Waals surface area contributed by atoms with Crippen molar-refractivity contribution in [3.8, 4) is 11.1 Å². The Balaban J connectivity index is 3.12. The van der Waals surface area contributed by atoms with Gasteiger partial charge < -0.3 is 0 Å². The van der Waals surface area contributed by atoms with E-state index < -0.39 is 81.2 Å². The molecule has 0 unspecified atom stereocenters. The van der Waals surface area contributed by atoms with E-state index in [0.29, 0.717) is 24.3 Å². The molecule has 0 aliphatic carbocycles. The summed E-state index contributed by atoms with van der Waals surface area (Å²) < 4.78 is 129. The summed E-state index contributed by atoms with van der Waals surface area (Å²) in [6.07, 6.45) is 0. The summed E-state index contributed by atoms with van der Waals surface area (Å²) in [6.45, 7) is 0. The number of hydrogen-bond donors (Lipinski definition) is 4. The van der Waals surface area contributed by atoms with Crippen molar-refractivity contribution < 1.29 is 51.9 Å². The maximum Gasteiger partial charge on any atom is 0.296 e. The molecular formula is C12H8Cl2O12S4. The van der Waals surface area contributed by atoms with Crippen molar-refractivity contribution >= 4 is 63.7 Å². The number of benzene rings is 2. The fraction of sp³-hybridized carbons (Fsp3) is 0. The van der Waals surface area contributed by atoms with E-state index in [2.05, 4.69) is 0 Å². The molecule has 0 spiro atoms. The first-order valence-corrected chi connectivity index (χ1v) is 13.3. The second-order valence-electron chi connectivity index (χ2n) is 5.47. The standard InChI is InChI=1S/C12H8Cl2O12S4/c13-11-7(27(15,16)17)1-5(2-8(11)28(18,19)20)6-3-9(29(21,22)23)12(14)10(4-6)30(24,25)26/h1-4H,(H,15,16,17)(H,18,19,20)(H,21,22,23)(H,24,25,26). The third kappa shape index (κ3) is 5.10. The van der Waals surface area contributed by atoms with Crippen molar-refractivity contribution in [1.29, 1.82) is 0 Å². The van der Waals surface area contributed by atoms with Gasteiger partial charge in [0.1, 0.15) is 19.6 Å². The Morgan fingerprint density at radius 3 is 0.767 bits per heavy atom. The zero-order valence-corrected chi connectivity index (χ0v) is 18.5. The molecule has 0 atom stereocenters. The van der Waals surface area contributed by atoms with E-state index in [1.54, 1.807) is 0 Å². The fourth-order valence-electron chi connectivity index (χ4n) is 2.23. The summed E-state index contributed by atoms with van der Waals surface area (Å²) in [5.41, 5.74) is -1.24. The molecule has 0 aliphatic rings. The van der Waals surface area contributed by atoms with Gasteiger partial charge in [0.05, 0.1) is 10.0 Å². The molecule has 2 aromatic carbocycles. The van der Waals surface area contributed by atoms with Gasteiger partial charge in [0, 0.05) is 0 Å². The summed E-state index contributed by atoms with van der Waals surface area (Å²) in [6, 6.07) is 2.04. The third-order valence-electron chi connectivity index (χ3n) is 3.46. The van der Waals surface area contributed by atoms with Gasteiger partial charge in [-0.05, 0) is 35.4 Å². The lowest BCUT2D eigenvalue weighted by molar-refractivity contribution is 0.476. The number of halogens is 2. The second-order valence-corrected chi connectivity index (χ2v) is 11.8. The first-order valence-electron chi connectivity index (χ1n) is 6.82. The minimum atomic E-state index is -5.20. The lowest BCUT2D eigenvalue weighted by atomic mass is 10.1. The Labute approximate surface area is 180 Å². The van der Waals surface area contributed by atoms with Gasteiger partial charge in [-0.2, -0.15) is 33.7 Å². The van der Waals surface area contributed by atoms with Crippen LogP contribution in [0.5, 0.6) is 0 Å². The largest absolute Gasteiger partial charge is 0.296 e. The van der Waals surface area contributed by atoms with Crippen LogP contribution in [0.4, 0.5) is 0 Å². The molecule has 0 fully saturated rings. The summed E-state index contributed by atoms with van der Waals surface area (Å²) in [5.74, 6) is 0. The van der Waals surface area contributed by atoms with Crippen LogP contribution in [0, 0.1) is 0 Å². The molecule has 0 radical (unpaired) electrons. The molecule has 0 saturated carbocycles. The highest BCUT2D eigenvalue weighted by molar-refractivity contribution is 7.87. The van der Waals surface area contributed by atoms with E-state index in [-0.39, 0.29) is 0 Å². The van der Waals surface area contributed by atoms with Crippen molar-refractivity contribution in [2.45, 2.75) is 19.6 Å². The molecule has 0 amide bonds. The van der Waals surface area contributed by atoms with Crippen LogP contribution in [-0.4, -0.2) is 51.9 Å². The molecule has 166 valence electrons. The average molecular weight is 543 g/mol. The quantitative estimate of drug-likeness (QED) is 0.396. The maximum atomic E-state index is 11.5. The average Bonchev–Trinajstić information content (AvgIpc) is 2.50. The van der Waals surface area contributed by atoms with E-state index in [1.807, 2.05) is 0 Å². The molecule has 30 heavy (non-hydrogen) atoms. The molecule has 0 bridgehead atoms. The summed E-state index contributed by atoms with van der Waals surface area (Å²) in [7, 11) is -20.8. The van der Waals surface area contributed by atoms with Crippen LogP contribution < -0.4 is 0 Å². The molecule has 0 heterocycles. The molecule has 4 N–H and O–H groups in total. The zero-order chi connectivity index (χ0) is 23.4. The van der Waals surface area contributed by atoms with Gasteiger partial charge in [0.15, 0.2) is 0 Å². The van der Waals surface area contributed by atoms with E-state index >= 15 is 0 Å². The van der Waals surface area contributed by atoms with Crippen molar-refractivity contribution in [3.05, 3.63) is 34.3 Å². The number of hydrogen-bond acceptors (Lipinski definition) is 8. The van der Waals surface area contributed by atoms with Crippen LogP contribution >= 0.6 is 23.2 Å². The minimum absolute atomic E-state index is 0.511. The monoisotopic (exact) mass is 542 g/mol. The van der Waals surface area contributed by atoms with Crippen LogP contribution in [0.25, 0.3) is 11.1 Å². The second kappa shape index (κ2) is 7.66. The molecule has 2 aromatic rings. The van der Waals surface area contributed by atoms with E-state index in [0.717, 1.165) is 0 Å². The molecule has 18 heteroatoms. The maximum absolute atomic E-state index is 11.5. The smallest absolute Gasteiger partial charge is 0.282 e. The van der Waals surface area contributed by atoms with Crippen LogP contribution in [0.2, 0.25) is 10.0 Å². The normalized spacial score (nSPS) is 13.4. The van der Waals surface area contributed by atoms with Crippen molar-refractivity contribution in [1.82, 2.24) is 0 Å². The molecule has 12 nitrogen and oxygen atoms in total. The van der Waals surface area contributed by atoms with E-state index in [9.17, 15) is 51.9 Å². The zero-order valence-electron chi connectivity index (χ0n) is 13.8. The lowest BCUT2D eigenvalue weighted by Crippen LogP contribution is -2.08. The van der Waals surface area contributed by atoms with Crippen LogP contribution in [0.15, 0.2) is 43.8 Å². The third-order valence-corrected chi connectivity index (χ3v) is 8.23.